The van der Waals surface area contributed by atoms with E-state index in [0.29, 0.717) is 0 Å². The van der Waals surface area contributed by atoms with E-state index in [2.05, 4.69) is 10.3 Å². The Balaban J connectivity index is 1.62. The number of pyridine rings is 1. The van der Waals surface area contributed by atoms with Crippen LogP contribution in [0.2, 0.25) is 0 Å². The van der Waals surface area contributed by atoms with Crippen LogP contribution in [-0.4, -0.2) is 33.2 Å². The predicted octanol–water partition coefficient (Wildman–Crippen LogP) is 2.60. The monoisotopic (exact) mass is 310 g/mol. The Morgan fingerprint density at radius 1 is 1.13 bits per heavy atom. The van der Waals surface area contributed by atoms with Crippen LogP contribution in [0.3, 0.4) is 0 Å². The maximum Gasteiger partial charge on any atom is 0.161 e. The Labute approximate surface area is 136 Å². The smallest absolute Gasteiger partial charge is 0.161 e. The number of hydrogen-bond donors (Lipinski definition) is 2. The van der Waals surface area contributed by atoms with Crippen molar-refractivity contribution in [3.05, 3.63) is 35.8 Å². The van der Waals surface area contributed by atoms with E-state index in [1.54, 1.807) is 12.4 Å². The number of aliphatic hydroxyl groups is 1. The Morgan fingerprint density at radius 3 is 2.70 bits per heavy atom. The van der Waals surface area contributed by atoms with Crippen LogP contribution in [0.4, 0.5) is 5.82 Å². The highest BCUT2D eigenvalue weighted by molar-refractivity contribution is 5.60. The molecule has 0 saturated heterocycles. The number of aliphatic hydroxyl groups excluding tert-OH is 1. The fourth-order valence-electron chi connectivity index (χ4n) is 3.41. The quantitative estimate of drug-likeness (QED) is 0.858. The fraction of sp³-hybridized carbons (Fsp3) is 0.500. The number of fused-ring (bicyclic) bond motifs is 1. The number of aryl methyl sites for hydroxylation is 1. The average molecular weight is 310 g/mol. The van der Waals surface area contributed by atoms with Gasteiger partial charge in [-0.05, 0) is 56.1 Å². The summed E-state index contributed by atoms with van der Waals surface area (Å²) in [5.41, 5.74) is 3.75. The molecule has 1 fully saturated rings. The van der Waals surface area contributed by atoms with Gasteiger partial charge < -0.3 is 10.4 Å². The first-order valence-electron chi connectivity index (χ1n) is 8.45. The van der Waals surface area contributed by atoms with E-state index >= 15 is 0 Å². The van der Waals surface area contributed by atoms with Crippen LogP contribution in [0.1, 0.15) is 36.9 Å². The number of aromatic nitrogens is 3. The average Bonchev–Trinajstić information content (AvgIpc) is 3.18. The minimum Gasteiger partial charge on any atom is -0.396 e. The van der Waals surface area contributed by atoms with E-state index in [1.807, 2.05) is 12.1 Å². The van der Waals surface area contributed by atoms with Crippen molar-refractivity contribution in [2.75, 3.05) is 18.5 Å². The first-order chi connectivity index (χ1) is 11.3. The summed E-state index contributed by atoms with van der Waals surface area (Å²) < 4.78 is 0. The number of rotatable bonds is 6. The van der Waals surface area contributed by atoms with Crippen LogP contribution in [0.5, 0.6) is 0 Å². The second kappa shape index (κ2) is 5.89. The highest BCUT2D eigenvalue weighted by Gasteiger charge is 2.41. The van der Waals surface area contributed by atoms with Crippen LogP contribution in [0.25, 0.3) is 11.4 Å². The van der Waals surface area contributed by atoms with E-state index < -0.39 is 0 Å². The Hall–Kier alpha value is -2.01. The standard InChI is InChI=1S/C18H22N4O/c23-11-8-18(6-7-18)12-20-17-14-2-1-3-15(14)21-16(22-17)13-4-9-19-10-5-13/h4-5,9-10,23H,1-3,6-8,11-12H2,(H,20,21,22). The lowest BCUT2D eigenvalue weighted by Crippen LogP contribution is -2.18. The number of hydrogen-bond acceptors (Lipinski definition) is 5. The highest BCUT2D eigenvalue weighted by Crippen LogP contribution is 2.48. The molecule has 2 N–H and O–H groups in total. The molecule has 0 unspecified atom stereocenters. The largest absolute Gasteiger partial charge is 0.396 e. The highest BCUT2D eigenvalue weighted by atomic mass is 16.3. The summed E-state index contributed by atoms with van der Waals surface area (Å²) in [6.45, 7) is 1.17. The molecule has 2 aromatic heterocycles. The van der Waals surface area contributed by atoms with Gasteiger partial charge in [0.05, 0.1) is 0 Å². The van der Waals surface area contributed by atoms with Gasteiger partial charge in [0.15, 0.2) is 5.82 Å². The third kappa shape index (κ3) is 2.93. The van der Waals surface area contributed by atoms with Gasteiger partial charge >= 0.3 is 0 Å². The van der Waals surface area contributed by atoms with Gasteiger partial charge in [0, 0.05) is 42.4 Å². The third-order valence-corrected chi connectivity index (χ3v) is 5.10. The second-order valence-electron chi connectivity index (χ2n) is 6.74. The second-order valence-corrected chi connectivity index (χ2v) is 6.74. The Morgan fingerprint density at radius 2 is 1.96 bits per heavy atom. The van der Waals surface area contributed by atoms with Gasteiger partial charge in [-0.15, -0.1) is 0 Å². The lowest BCUT2D eigenvalue weighted by Gasteiger charge is -2.17. The van der Waals surface area contributed by atoms with Crippen molar-refractivity contribution in [3.63, 3.8) is 0 Å². The molecule has 0 radical (unpaired) electrons. The Bertz CT molecular complexity index is 698. The lowest BCUT2D eigenvalue weighted by atomic mass is 10.0. The SMILES string of the molecule is OCCC1(CNc2nc(-c3ccncc3)nc3c2CCC3)CC1. The fourth-order valence-corrected chi connectivity index (χ4v) is 3.41. The predicted molar refractivity (Wildman–Crippen MR) is 89.1 cm³/mol. The maximum atomic E-state index is 9.23. The molecule has 5 heteroatoms. The summed E-state index contributed by atoms with van der Waals surface area (Å²) in [4.78, 5) is 13.6. The van der Waals surface area contributed by atoms with E-state index in [4.69, 9.17) is 9.97 Å². The zero-order valence-electron chi connectivity index (χ0n) is 13.3. The summed E-state index contributed by atoms with van der Waals surface area (Å²) in [5.74, 6) is 1.77. The maximum absolute atomic E-state index is 9.23. The topological polar surface area (TPSA) is 70.9 Å². The van der Waals surface area contributed by atoms with E-state index in [1.165, 1.54) is 24.1 Å². The zero-order chi connectivity index (χ0) is 15.7. The zero-order valence-corrected chi connectivity index (χ0v) is 13.3. The molecule has 5 nitrogen and oxygen atoms in total. The van der Waals surface area contributed by atoms with Crippen molar-refractivity contribution in [1.29, 1.82) is 0 Å². The van der Waals surface area contributed by atoms with Crippen LogP contribution in [0.15, 0.2) is 24.5 Å². The molecule has 0 aromatic carbocycles. The molecule has 2 heterocycles. The molecule has 4 rings (SSSR count). The summed E-state index contributed by atoms with van der Waals surface area (Å²) in [6, 6.07) is 3.91. The molecule has 0 amide bonds. The summed E-state index contributed by atoms with van der Waals surface area (Å²) in [5, 5.41) is 12.8. The molecule has 0 aliphatic heterocycles. The van der Waals surface area contributed by atoms with E-state index in [0.717, 1.165) is 49.4 Å². The van der Waals surface area contributed by atoms with Crippen LogP contribution in [-0.2, 0) is 12.8 Å². The van der Waals surface area contributed by atoms with Crippen LogP contribution >= 0.6 is 0 Å². The molecule has 2 aliphatic carbocycles. The van der Waals surface area contributed by atoms with Crippen molar-refractivity contribution >= 4 is 5.82 Å². The van der Waals surface area contributed by atoms with Gasteiger partial charge in [-0.25, -0.2) is 9.97 Å². The normalized spacial score (nSPS) is 17.8. The van der Waals surface area contributed by atoms with Gasteiger partial charge in [0.2, 0.25) is 0 Å². The van der Waals surface area contributed by atoms with Gasteiger partial charge in [-0.2, -0.15) is 0 Å². The van der Waals surface area contributed by atoms with Gasteiger partial charge in [-0.3, -0.25) is 4.98 Å². The number of nitrogens with zero attached hydrogens (tertiary/aromatic N) is 3. The molecule has 120 valence electrons. The first-order valence-corrected chi connectivity index (χ1v) is 8.45. The molecular weight excluding hydrogens is 288 g/mol. The molecule has 1 saturated carbocycles. The van der Waals surface area contributed by atoms with Gasteiger partial charge in [0.1, 0.15) is 5.82 Å². The molecular formula is C18H22N4O. The van der Waals surface area contributed by atoms with Crippen molar-refractivity contribution in [2.45, 2.75) is 38.5 Å². The molecule has 2 aliphatic rings. The Kier molecular flexibility index (Phi) is 3.73. The van der Waals surface area contributed by atoms with Crippen molar-refractivity contribution < 1.29 is 5.11 Å². The number of anilines is 1. The summed E-state index contributed by atoms with van der Waals surface area (Å²) >= 11 is 0. The molecule has 0 spiro atoms. The first kappa shape index (κ1) is 14.6. The van der Waals surface area contributed by atoms with Crippen molar-refractivity contribution in [3.8, 4) is 11.4 Å². The summed E-state index contributed by atoms with van der Waals surface area (Å²) in [6.07, 6.45) is 10.1. The minimum atomic E-state index is 0.270. The molecule has 2 aromatic rings. The van der Waals surface area contributed by atoms with Crippen LogP contribution < -0.4 is 5.32 Å². The molecule has 0 atom stereocenters. The molecule has 23 heavy (non-hydrogen) atoms. The number of nitrogens with one attached hydrogen (secondary N) is 1. The lowest BCUT2D eigenvalue weighted by molar-refractivity contribution is 0.253. The van der Waals surface area contributed by atoms with E-state index in [9.17, 15) is 5.11 Å². The molecule has 0 bridgehead atoms. The van der Waals surface area contributed by atoms with Gasteiger partial charge in [-0.1, -0.05) is 0 Å². The van der Waals surface area contributed by atoms with Crippen LogP contribution in [0, 0.1) is 5.41 Å². The summed E-state index contributed by atoms with van der Waals surface area (Å²) in [7, 11) is 0. The third-order valence-electron chi connectivity index (χ3n) is 5.10. The van der Waals surface area contributed by atoms with Crippen molar-refractivity contribution in [2.24, 2.45) is 5.41 Å². The van der Waals surface area contributed by atoms with Gasteiger partial charge in [0.25, 0.3) is 0 Å². The minimum absolute atomic E-state index is 0.270. The van der Waals surface area contributed by atoms with E-state index in [-0.39, 0.29) is 12.0 Å². The van der Waals surface area contributed by atoms with Crippen molar-refractivity contribution in [1.82, 2.24) is 15.0 Å².